The summed E-state index contributed by atoms with van der Waals surface area (Å²) in [5.41, 5.74) is 1.74. The summed E-state index contributed by atoms with van der Waals surface area (Å²) in [6.07, 6.45) is 5.36. The number of allylic oxidation sites excluding steroid dienone is 6. The van der Waals surface area contributed by atoms with Crippen LogP contribution in [0.25, 0.3) is 0 Å². The van der Waals surface area contributed by atoms with Crippen LogP contribution >= 0.6 is 0 Å². The van der Waals surface area contributed by atoms with Gasteiger partial charge in [-0.05, 0) is 75.3 Å². The smallest absolute Gasteiger partial charge is 0.329 e. The molecule has 0 amide bonds. The van der Waals surface area contributed by atoms with Gasteiger partial charge in [-0.25, -0.2) is 0 Å². The van der Waals surface area contributed by atoms with Crippen LogP contribution in [0.5, 0.6) is 0 Å². The Morgan fingerprint density at radius 1 is 1.00 bits per heavy atom. The second-order valence-electron chi connectivity index (χ2n) is 13.3. The minimum absolute atomic E-state index is 0.0157. The lowest BCUT2D eigenvalue weighted by molar-refractivity contribution is -0.166. The molecule has 1 fully saturated rings. The number of ketones is 2. The Morgan fingerprint density at radius 2 is 1.61 bits per heavy atom. The second-order valence-corrected chi connectivity index (χ2v) is 13.3. The van der Waals surface area contributed by atoms with Crippen LogP contribution in [0.3, 0.4) is 0 Å². The second kappa shape index (κ2) is 12.7. The Balaban J connectivity index is 2.42. The Hall–Kier alpha value is -3.28. The van der Waals surface area contributed by atoms with Crippen LogP contribution in [-0.4, -0.2) is 28.6 Å². The first-order valence-corrected chi connectivity index (χ1v) is 14.7. The van der Waals surface area contributed by atoms with E-state index >= 15 is 0 Å². The van der Waals surface area contributed by atoms with Gasteiger partial charge in [0.1, 0.15) is 5.76 Å². The average Bonchev–Trinajstić information content (AvgIpc) is 2.86. The maximum atomic E-state index is 14.6. The fraction of sp³-hybridized carbons (Fsp3) is 0.543. The largest absolute Gasteiger partial charge is 0.481 e. The third kappa shape index (κ3) is 6.79. The molecule has 4 unspecified atom stereocenters. The lowest BCUT2D eigenvalue weighted by atomic mass is 9.51. The van der Waals surface area contributed by atoms with E-state index < -0.39 is 46.2 Å². The van der Waals surface area contributed by atoms with Crippen LogP contribution in [0.1, 0.15) is 99.0 Å². The highest BCUT2D eigenvalue weighted by molar-refractivity contribution is 6.21. The number of carbonyl (C=O) groups is 4. The highest BCUT2D eigenvalue weighted by Gasteiger charge is 2.62. The first-order chi connectivity index (χ1) is 19.1. The number of hydrogen-bond donors (Lipinski definition) is 1. The monoisotopic (exact) mass is 562 g/mol. The Bertz CT molecular complexity index is 1270. The Morgan fingerprint density at radius 3 is 2.15 bits per heavy atom. The molecule has 0 aromatic heterocycles. The molecule has 41 heavy (non-hydrogen) atoms. The van der Waals surface area contributed by atoms with E-state index in [0.717, 1.165) is 16.7 Å². The van der Waals surface area contributed by atoms with E-state index in [1.807, 2.05) is 78.0 Å². The Kier molecular flexibility index (Phi) is 9.99. The zero-order chi connectivity index (χ0) is 30.7. The minimum atomic E-state index is -1.48. The zero-order valence-electron chi connectivity index (χ0n) is 25.9. The van der Waals surface area contributed by atoms with Crippen molar-refractivity contribution in [1.29, 1.82) is 0 Å². The molecule has 6 nitrogen and oxygen atoms in total. The van der Waals surface area contributed by atoms with Gasteiger partial charge in [-0.1, -0.05) is 81.3 Å². The number of carboxylic acids is 1. The van der Waals surface area contributed by atoms with E-state index in [2.05, 4.69) is 19.9 Å². The standard InChI is InChI=1S/C35H46O6/c1-21(2)14-15-25-20-35(17-16-22(3)4)31(39)29(27(36)18-23(5)6)33(40)41-32(35)30(34(25,7)8)26(19-28(37)38)24-12-10-9-11-13-24/h9-14,16,23,25-26,29H,15,17-20H2,1-8H3,(H,37,38). The van der Waals surface area contributed by atoms with Crippen molar-refractivity contribution in [1.82, 2.24) is 0 Å². The van der Waals surface area contributed by atoms with Gasteiger partial charge >= 0.3 is 11.9 Å². The van der Waals surface area contributed by atoms with Crippen molar-refractivity contribution < 1.29 is 29.0 Å². The molecule has 0 radical (unpaired) electrons. The summed E-state index contributed by atoms with van der Waals surface area (Å²) in [5.74, 6) is -4.58. The van der Waals surface area contributed by atoms with Crippen molar-refractivity contribution in [2.75, 3.05) is 0 Å². The van der Waals surface area contributed by atoms with Crippen LogP contribution in [-0.2, 0) is 23.9 Å². The van der Waals surface area contributed by atoms with Crippen LogP contribution in [0.15, 0.2) is 65.0 Å². The van der Waals surface area contributed by atoms with Crippen molar-refractivity contribution in [2.45, 2.75) is 93.4 Å². The van der Waals surface area contributed by atoms with Gasteiger partial charge in [0.15, 0.2) is 17.5 Å². The molecular weight excluding hydrogens is 516 g/mol. The summed E-state index contributed by atoms with van der Waals surface area (Å²) in [6.45, 7) is 15.9. The summed E-state index contributed by atoms with van der Waals surface area (Å²) in [7, 11) is 0. The summed E-state index contributed by atoms with van der Waals surface area (Å²) >= 11 is 0. The average molecular weight is 563 g/mol. The van der Waals surface area contributed by atoms with Crippen molar-refractivity contribution in [3.63, 3.8) is 0 Å². The number of carboxylic acid groups (broad SMARTS) is 1. The minimum Gasteiger partial charge on any atom is -0.481 e. The van der Waals surface area contributed by atoms with E-state index in [1.165, 1.54) is 0 Å². The lowest BCUT2D eigenvalue weighted by Gasteiger charge is -2.53. The number of ether oxygens (including phenoxy) is 1. The van der Waals surface area contributed by atoms with Crippen LogP contribution in [0.2, 0.25) is 0 Å². The van der Waals surface area contributed by atoms with E-state index in [-0.39, 0.29) is 36.9 Å². The number of rotatable bonds is 11. The summed E-state index contributed by atoms with van der Waals surface area (Å²) in [4.78, 5) is 53.8. The van der Waals surface area contributed by atoms with Gasteiger partial charge in [0.05, 0.1) is 11.8 Å². The molecule has 1 aromatic rings. The van der Waals surface area contributed by atoms with E-state index in [1.54, 1.807) is 0 Å². The normalized spacial score (nSPS) is 24.3. The highest BCUT2D eigenvalue weighted by atomic mass is 16.5. The quantitative estimate of drug-likeness (QED) is 0.169. The SMILES string of the molecule is CC(C)=CCC1CC2(CC=C(C)C)C(=O)C(C(=O)CC(C)C)C(=O)OC2=C(C(CC(=O)O)c2ccccc2)C1(C)C. The fourth-order valence-corrected chi connectivity index (χ4v) is 6.51. The number of carbonyl (C=O) groups excluding carboxylic acids is 3. The highest BCUT2D eigenvalue weighted by Crippen LogP contribution is 2.61. The number of Topliss-reactive ketones (excluding diaryl/α,β-unsaturated/α-hetero) is 2. The molecule has 1 aliphatic heterocycles. The first kappa shape index (κ1) is 32.2. The maximum Gasteiger partial charge on any atom is 0.329 e. The molecule has 1 heterocycles. The maximum absolute atomic E-state index is 14.6. The molecule has 1 N–H and O–H groups in total. The number of fused-ring (bicyclic) bond motifs is 1. The molecule has 1 aliphatic carbocycles. The lowest BCUT2D eigenvalue weighted by Crippen LogP contribution is -2.55. The topological polar surface area (TPSA) is 97.7 Å². The first-order valence-electron chi connectivity index (χ1n) is 14.7. The molecule has 222 valence electrons. The third-order valence-corrected chi connectivity index (χ3v) is 8.69. The fourth-order valence-electron chi connectivity index (χ4n) is 6.51. The summed E-state index contributed by atoms with van der Waals surface area (Å²) in [5, 5.41) is 10.1. The van der Waals surface area contributed by atoms with Gasteiger partial charge < -0.3 is 9.84 Å². The van der Waals surface area contributed by atoms with E-state index in [4.69, 9.17) is 4.74 Å². The van der Waals surface area contributed by atoms with Crippen LogP contribution < -0.4 is 0 Å². The van der Waals surface area contributed by atoms with Crippen LogP contribution in [0.4, 0.5) is 0 Å². The molecule has 6 heteroatoms. The molecule has 0 bridgehead atoms. The number of aliphatic carboxylic acids is 1. The third-order valence-electron chi connectivity index (χ3n) is 8.69. The molecule has 4 atom stereocenters. The predicted molar refractivity (Wildman–Crippen MR) is 160 cm³/mol. The predicted octanol–water partition coefficient (Wildman–Crippen LogP) is 7.60. The molecule has 1 aromatic carbocycles. The summed E-state index contributed by atoms with van der Waals surface area (Å²) in [6, 6.07) is 9.37. The van der Waals surface area contributed by atoms with Crippen LogP contribution in [0, 0.1) is 28.6 Å². The van der Waals surface area contributed by atoms with Gasteiger partial charge in [0.25, 0.3) is 0 Å². The summed E-state index contributed by atoms with van der Waals surface area (Å²) < 4.78 is 6.18. The molecular formula is C35H46O6. The molecule has 1 saturated heterocycles. The zero-order valence-corrected chi connectivity index (χ0v) is 25.9. The number of hydrogen-bond acceptors (Lipinski definition) is 5. The van der Waals surface area contributed by atoms with Crippen molar-refractivity contribution in [2.24, 2.45) is 28.6 Å². The van der Waals surface area contributed by atoms with Crippen molar-refractivity contribution in [3.8, 4) is 0 Å². The van der Waals surface area contributed by atoms with Gasteiger partial charge in [0, 0.05) is 12.3 Å². The Labute approximate surface area is 244 Å². The van der Waals surface area contributed by atoms with Gasteiger partial charge in [-0.2, -0.15) is 0 Å². The number of esters is 1. The van der Waals surface area contributed by atoms with Gasteiger partial charge in [-0.3, -0.25) is 19.2 Å². The van der Waals surface area contributed by atoms with E-state index in [9.17, 15) is 24.3 Å². The van der Waals surface area contributed by atoms with E-state index in [0.29, 0.717) is 18.4 Å². The molecule has 3 rings (SSSR count). The molecule has 0 spiro atoms. The number of benzene rings is 1. The molecule has 0 saturated carbocycles. The van der Waals surface area contributed by atoms with Crippen molar-refractivity contribution in [3.05, 3.63) is 70.5 Å². The van der Waals surface area contributed by atoms with Crippen molar-refractivity contribution >= 4 is 23.5 Å². The molecule has 2 aliphatic rings. The van der Waals surface area contributed by atoms with Gasteiger partial charge in [0.2, 0.25) is 0 Å². The van der Waals surface area contributed by atoms with Gasteiger partial charge in [-0.15, -0.1) is 0 Å².